The van der Waals surface area contributed by atoms with Gasteiger partial charge in [0, 0.05) is 16.8 Å². The van der Waals surface area contributed by atoms with Gasteiger partial charge in [0.25, 0.3) is 5.91 Å². The molecule has 0 bridgehead atoms. The molecule has 1 fully saturated rings. The molecule has 0 saturated carbocycles. The highest BCUT2D eigenvalue weighted by atomic mass is 79.9. The molecular formula is C11H11BrFNO3S. The molecule has 7 heteroatoms. The molecule has 1 amide bonds. The molecule has 1 heterocycles. The summed E-state index contributed by atoms with van der Waals surface area (Å²) in [6, 6.07) is 4.09. The minimum Gasteiger partial charge on any atom is -0.378 e. The zero-order chi connectivity index (χ0) is 13.3. The summed E-state index contributed by atoms with van der Waals surface area (Å²) in [5.74, 6) is -0.775. The molecule has 2 unspecified atom stereocenters. The minimum atomic E-state index is -1.31. The number of nitrogens with zero attached hydrogens (tertiary/aromatic N) is 1. The van der Waals surface area contributed by atoms with Crippen LogP contribution in [0.4, 0.5) is 4.39 Å². The predicted molar refractivity (Wildman–Crippen MR) is 69.6 cm³/mol. The van der Waals surface area contributed by atoms with E-state index in [1.807, 2.05) is 0 Å². The van der Waals surface area contributed by atoms with Gasteiger partial charge in [0.1, 0.15) is 11.3 Å². The Bertz CT molecular complexity index is 474. The zero-order valence-corrected chi connectivity index (χ0v) is 11.6. The van der Waals surface area contributed by atoms with E-state index < -0.39 is 23.4 Å². The van der Waals surface area contributed by atoms with Crippen LogP contribution in [0.25, 0.3) is 0 Å². The number of carbonyl (C=O) groups excluding carboxylic acids is 1. The van der Waals surface area contributed by atoms with Gasteiger partial charge in [-0.2, -0.15) is 0 Å². The fraction of sp³-hybridized carbons (Fsp3) is 0.364. The van der Waals surface area contributed by atoms with Crippen LogP contribution in [-0.4, -0.2) is 45.0 Å². The van der Waals surface area contributed by atoms with E-state index in [1.165, 1.54) is 12.1 Å². The third-order valence-electron chi connectivity index (χ3n) is 2.62. The van der Waals surface area contributed by atoms with E-state index >= 15 is 0 Å². The van der Waals surface area contributed by atoms with Crippen LogP contribution < -0.4 is 0 Å². The third-order valence-corrected chi connectivity index (χ3v) is 4.11. The summed E-state index contributed by atoms with van der Waals surface area (Å²) >= 11 is 4.26. The predicted octanol–water partition coefficient (Wildman–Crippen LogP) is 1.41. The normalized spacial score (nSPS) is 24.1. The van der Waals surface area contributed by atoms with Crippen LogP contribution in [0.3, 0.4) is 0 Å². The largest absolute Gasteiger partial charge is 0.378 e. The van der Waals surface area contributed by atoms with Gasteiger partial charge in [-0.25, -0.2) is 4.39 Å². The van der Waals surface area contributed by atoms with Crippen molar-refractivity contribution in [1.82, 2.24) is 4.90 Å². The molecule has 2 rings (SSSR count). The first kappa shape index (κ1) is 13.8. The first-order valence-corrected chi connectivity index (χ1v) is 7.08. The summed E-state index contributed by atoms with van der Waals surface area (Å²) in [6.07, 6.45) is -1.31. The Labute approximate surface area is 116 Å². The fourth-order valence-electron chi connectivity index (χ4n) is 1.68. The zero-order valence-electron chi connectivity index (χ0n) is 9.22. The van der Waals surface area contributed by atoms with E-state index in [9.17, 15) is 19.4 Å². The van der Waals surface area contributed by atoms with Gasteiger partial charge >= 0.3 is 0 Å². The fourth-order valence-corrected chi connectivity index (χ4v) is 2.88. The van der Waals surface area contributed by atoms with Crippen molar-refractivity contribution in [3.8, 4) is 0 Å². The number of halogens is 2. The van der Waals surface area contributed by atoms with Crippen molar-refractivity contribution in [1.29, 1.82) is 0 Å². The lowest BCUT2D eigenvalue weighted by atomic mass is 10.2. The highest BCUT2D eigenvalue weighted by Gasteiger charge is 2.33. The summed E-state index contributed by atoms with van der Waals surface area (Å²) in [5.41, 5.74) is -1.17. The van der Waals surface area contributed by atoms with Gasteiger partial charge in [-0.3, -0.25) is 4.79 Å². The van der Waals surface area contributed by atoms with E-state index in [4.69, 9.17) is 0 Å². The molecule has 1 saturated heterocycles. The Hall–Kier alpha value is -0.630. The van der Waals surface area contributed by atoms with Gasteiger partial charge < -0.3 is 15.1 Å². The number of amides is 1. The number of benzene rings is 1. The Morgan fingerprint density at radius 3 is 2.89 bits per heavy atom. The molecule has 2 N–H and O–H groups in total. The summed E-state index contributed by atoms with van der Waals surface area (Å²) in [7, 11) is 0. The molecule has 1 aromatic carbocycles. The molecule has 4 nitrogen and oxygen atoms in total. The van der Waals surface area contributed by atoms with Crippen molar-refractivity contribution in [2.75, 3.05) is 12.3 Å². The van der Waals surface area contributed by atoms with Crippen molar-refractivity contribution in [3.63, 3.8) is 0 Å². The first-order valence-electron chi connectivity index (χ1n) is 5.24. The van der Waals surface area contributed by atoms with Crippen molar-refractivity contribution < 1.29 is 19.4 Å². The van der Waals surface area contributed by atoms with Gasteiger partial charge in [-0.05, 0) is 18.2 Å². The minimum absolute atomic E-state index is 0.114. The summed E-state index contributed by atoms with van der Waals surface area (Å²) in [4.78, 5) is 13.2. The van der Waals surface area contributed by atoms with Crippen LogP contribution in [0.1, 0.15) is 10.4 Å². The van der Waals surface area contributed by atoms with Crippen molar-refractivity contribution in [2.45, 2.75) is 11.7 Å². The van der Waals surface area contributed by atoms with E-state index in [-0.39, 0.29) is 12.1 Å². The maximum Gasteiger partial charge on any atom is 0.258 e. The van der Waals surface area contributed by atoms with Gasteiger partial charge in [0.15, 0.2) is 6.23 Å². The second kappa shape index (κ2) is 5.56. The molecule has 98 valence electrons. The van der Waals surface area contributed by atoms with Gasteiger partial charge in [-0.1, -0.05) is 15.9 Å². The number of rotatable bonds is 1. The van der Waals surface area contributed by atoms with Crippen molar-refractivity contribution in [3.05, 3.63) is 34.1 Å². The molecule has 0 aromatic heterocycles. The van der Waals surface area contributed by atoms with E-state index in [0.29, 0.717) is 10.2 Å². The lowest BCUT2D eigenvalue weighted by Gasteiger charge is -2.35. The van der Waals surface area contributed by atoms with Crippen LogP contribution in [0.2, 0.25) is 0 Å². The summed E-state index contributed by atoms with van der Waals surface area (Å²) in [6.45, 7) is 0.275. The molecule has 2 atom stereocenters. The average molecular weight is 336 g/mol. The van der Waals surface area contributed by atoms with Crippen LogP contribution in [0, 0.1) is 5.82 Å². The standard InChI is InChI=1S/C11H11BrFNO3S/c12-6-1-2-7(8(13)5-6)9(15)14-3-4-18-11(17)10(14)16/h1-2,5,10-11,16-17H,3-4H2. The lowest BCUT2D eigenvalue weighted by Crippen LogP contribution is -2.50. The third kappa shape index (κ3) is 2.69. The second-order valence-electron chi connectivity index (χ2n) is 3.80. The molecule has 0 radical (unpaired) electrons. The van der Waals surface area contributed by atoms with E-state index in [0.717, 1.165) is 16.7 Å². The quantitative estimate of drug-likeness (QED) is 0.814. The Kier molecular flexibility index (Phi) is 4.26. The van der Waals surface area contributed by atoms with Gasteiger partial charge in [0.05, 0.1) is 5.56 Å². The molecular weight excluding hydrogens is 325 g/mol. The van der Waals surface area contributed by atoms with Gasteiger partial charge in [-0.15, -0.1) is 11.8 Å². The Morgan fingerprint density at radius 1 is 1.50 bits per heavy atom. The summed E-state index contributed by atoms with van der Waals surface area (Å²) in [5, 5.41) is 19.2. The number of aliphatic hydroxyl groups excluding tert-OH is 2. The van der Waals surface area contributed by atoms with Crippen LogP contribution in [-0.2, 0) is 0 Å². The highest BCUT2D eigenvalue weighted by Crippen LogP contribution is 2.24. The molecule has 1 aliphatic heterocycles. The van der Waals surface area contributed by atoms with Crippen LogP contribution >= 0.6 is 27.7 Å². The van der Waals surface area contributed by atoms with Crippen LogP contribution in [0.15, 0.2) is 22.7 Å². The number of hydrogen-bond donors (Lipinski definition) is 2. The second-order valence-corrected chi connectivity index (χ2v) is 5.94. The molecule has 18 heavy (non-hydrogen) atoms. The molecule has 0 spiro atoms. The average Bonchev–Trinajstić information content (AvgIpc) is 2.32. The smallest absolute Gasteiger partial charge is 0.258 e. The SMILES string of the molecule is O=C(c1ccc(Br)cc1F)N1CCSC(O)C1O. The van der Waals surface area contributed by atoms with E-state index in [2.05, 4.69) is 15.9 Å². The maximum absolute atomic E-state index is 13.7. The summed E-state index contributed by atoms with van der Waals surface area (Å²) < 4.78 is 14.2. The van der Waals surface area contributed by atoms with Gasteiger partial charge in [0.2, 0.25) is 0 Å². The molecule has 0 aliphatic carbocycles. The Balaban J connectivity index is 2.25. The molecule has 1 aliphatic rings. The number of hydrogen-bond acceptors (Lipinski definition) is 4. The highest BCUT2D eigenvalue weighted by molar-refractivity contribution is 9.10. The number of thioether (sulfide) groups is 1. The van der Waals surface area contributed by atoms with E-state index in [1.54, 1.807) is 6.07 Å². The monoisotopic (exact) mass is 335 g/mol. The topological polar surface area (TPSA) is 60.8 Å². The number of carbonyl (C=O) groups is 1. The van der Waals surface area contributed by atoms with Crippen LogP contribution in [0.5, 0.6) is 0 Å². The molecule has 1 aromatic rings. The maximum atomic E-state index is 13.7. The van der Waals surface area contributed by atoms with Crippen molar-refractivity contribution >= 4 is 33.6 Å². The number of aliphatic hydroxyl groups is 2. The lowest BCUT2D eigenvalue weighted by molar-refractivity contribution is -0.0375. The Morgan fingerprint density at radius 2 is 2.22 bits per heavy atom. The first-order chi connectivity index (χ1) is 8.50. The van der Waals surface area contributed by atoms with Crippen molar-refractivity contribution in [2.24, 2.45) is 0 Å².